The van der Waals surface area contributed by atoms with Crippen LogP contribution in [0.2, 0.25) is 0 Å². The molecule has 9 heteroatoms. The van der Waals surface area contributed by atoms with Crippen LogP contribution in [0.4, 0.5) is 22.0 Å². The van der Waals surface area contributed by atoms with Gasteiger partial charge in [-0.1, -0.05) is 37.3 Å². The summed E-state index contributed by atoms with van der Waals surface area (Å²) in [5.74, 6) is -1.00. The van der Waals surface area contributed by atoms with E-state index in [0.29, 0.717) is 44.5 Å². The Hall–Kier alpha value is -2.64. The van der Waals surface area contributed by atoms with Gasteiger partial charge in [-0.05, 0) is 55.7 Å². The number of likely N-dealkylation sites (N-methyl/N-ethyl adjacent to an activating group) is 1. The summed E-state index contributed by atoms with van der Waals surface area (Å²) in [5, 5.41) is 0. The Morgan fingerprint density at radius 3 is 2.38 bits per heavy atom. The highest BCUT2D eigenvalue weighted by atomic mass is 19.4. The Morgan fingerprint density at radius 2 is 1.81 bits per heavy atom. The van der Waals surface area contributed by atoms with Gasteiger partial charge < -0.3 is 9.80 Å². The number of fused-ring (bicyclic) bond motifs is 2. The number of piperazine rings is 1. The quantitative estimate of drug-likeness (QED) is 0.249. The largest absolute Gasteiger partial charge is 0.439 e. The first-order chi connectivity index (χ1) is 17.5. The van der Waals surface area contributed by atoms with Gasteiger partial charge in [-0.25, -0.2) is 8.78 Å². The molecule has 3 heterocycles. The van der Waals surface area contributed by atoms with Gasteiger partial charge in [0.25, 0.3) is 0 Å². The van der Waals surface area contributed by atoms with Gasteiger partial charge in [0.15, 0.2) is 11.5 Å². The number of carbonyl (C=O) groups excluding carboxylic acids is 1. The summed E-state index contributed by atoms with van der Waals surface area (Å²) in [4.78, 5) is 17.6. The Labute approximate surface area is 214 Å². The summed E-state index contributed by atoms with van der Waals surface area (Å²) in [6.45, 7) is 3.02. The lowest BCUT2D eigenvalue weighted by Crippen LogP contribution is -2.64. The number of alkyl halides is 3. The van der Waals surface area contributed by atoms with Gasteiger partial charge in [0.1, 0.15) is 5.83 Å². The van der Waals surface area contributed by atoms with Crippen LogP contribution < -0.4 is 0 Å². The highest BCUT2D eigenvalue weighted by molar-refractivity contribution is 5.78. The number of nitrogens with zero attached hydrogens (tertiary/aromatic N) is 3. The van der Waals surface area contributed by atoms with Crippen molar-refractivity contribution in [3.05, 3.63) is 64.2 Å². The monoisotopic (exact) mass is 521 g/mol. The van der Waals surface area contributed by atoms with Crippen LogP contribution in [0.3, 0.4) is 0 Å². The average Bonchev–Trinajstić information content (AvgIpc) is 3.68. The summed E-state index contributed by atoms with van der Waals surface area (Å²) < 4.78 is 70.8. The molecule has 0 unspecified atom stereocenters. The molecule has 0 radical (unpaired) electrons. The molecule has 2 aliphatic carbocycles. The SMILES string of the molecule is CN1CCN2C(C(F)(F)F)=C=CC(F)=C2C12CCN(C(=O)C/C=C\C(=C(\F)C1=CC1)C1(C)CCC1)CC2. The van der Waals surface area contributed by atoms with E-state index in [2.05, 4.69) is 12.7 Å². The number of carbonyl (C=O) groups is 1. The van der Waals surface area contributed by atoms with E-state index in [1.54, 1.807) is 24.1 Å². The van der Waals surface area contributed by atoms with Gasteiger partial charge >= 0.3 is 6.18 Å². The standard InChI is InChI=1S/C28H32F5N3O/c1-26(11-4-12-26)20(24(30)19-7-8-19)5-3-6-23(37)35-15-13-27(14-16-35)25-21(29)9-10-22(28(31,32)33)36(25)18-17-34(27)2/h3,5,7,9H,4,6,8,11-18H2,1-2H3/b5-3-,24-20-. The van der Waals surface area contributed by atoms with Crippen LogP contribution in [0.15, 0.2) is 64.2 Å². The highest BCUT2D eigenvalue weighted by Crippen LogP contribution is 2.50. The molecule has 2 saturated heterocycles. The second-order valence-electron chi connectivity index (χ2n) is 11.0. The number of likely N-dealkylation sites (tertiary alicyclic amines) is 1. The summed E-state index contributed by atoms with van der Waals surface area (Å²) in [5.41, 5.74) is 1.39. The number of hydrogen-bond donors (Lipinski definition) is 0. The van der Waals surface area contributed by atoms with E-state index in [1.165, 1.54) is 0 Å². The van der Waals surface area contributed by atoms with Crippen LogP contribution in [0.1, 0.15) is 51.9 Å². The molecule has 0 atom stereocenters. The van der Waals surface area contributed by atoms with E-state index in [-0.39, 0.29) is 35.8 Å². The number of allylic oxidation sites excluding steroid dienone is 7. The molecular formula is C28H32F5N3O. The molecule has 4 nitrogen and oxygen atoms in total. The second-order valence-corrected chi connectivity index (χ2v) is 11.0. The zero-order valence-corrected chi connectivity index (χ0v) is 21.2. The molecule has 0 aromatic heterocycles. The number of amides is 1. The molecule has 0 N–H and O–H groups in total. The molecule has 5 rings (SSSR count). The van der Waals surface area contributed by atoms with Crippen LogP contribution in [0, 0.1) is 5.41 Å². The Morgan fingerprint density at radius 1 is 1.14 bits per heavy atom. The molecule has 1 saturated carbocycles. The van der Waals surface area contributed by atoms with Crippen molar-refractivity contribution in [1.29, 1.82) is 0 Å². The van der Waals surface area contributed by atoms with Crippen molar-refractivity contribution in [2.75, 3.05) is 33.2 Å². The third-order valence-corrected chi connectivity index (χ3v) is 8.75. The van der Waals surface area contributed by atoms with Crippen LogP contribution in [-0.2, 0) is 4.79 Å². The van der Waals surface area contributed by atoms with E-state index < -0.39 is 23.2 Å². The highest BCUT2D eigenvalue weighted by Gasteiger charge is 2.53. The van der Waals surface area contributed by atoms with Gasteiger partial charge in [-0.3, -0.25) is 9.69 Å². The van der Waals surface area contributed by atoms with Crippen LogP contribution in [0.25, 0.3) is 0 Å². The van der Waals surface area contributed by atoms with E-state index in [0.717, 1.165) is 35.8 Å². The van der Waals surface area contributed by atoms with Gasteiger partial charge in [-0.15, -0.1) is 0 Å². The van der Waals surface area contributed by atoms with Crippen molar-refractivity contribution in [3.8, 4) is 0 Å². The molecular weight excluding hydrogens is 489 g/mol. The van der Waals surface area contributed by atoms with Crippen molar-refractivity contribution in [3.63, 3.8) is 0 Å². The lowest BCUT2D eigenvalue weighted by molar-refractivity contribution is -0.133. The predicted octanol–water partition coefficient (Wildman–Crippen LogP) is 6.08. The summed E-state index contributed by atoms with van der Waals surface area (Å²) in [6.07, 6.45) is 5.82. The maximum absolute atomic E-state index is 15.0. The van der Waals surface area contributed by atoms with E-state index in [4.69, 9.17) is 0 Å². The van der Waals surface area contributed by atoms with Crippen molar-refractivity contribution in [1.82, 2.24) is 14.7 Å². The minimum atomic E-state index is -4.64. The van der Waals surface area contributed by atoms with Crippen molar-refractivity contribution < 1.29 is 26.7 Å². The van der Waals surface area contributed by atoms with Crippen LogP contribution in [-0.4, -0.2) is 65.5 Å². The molecule has 0 aromatic carbocycles. The number of rotatable bonds is 5. The minimum absolute atomic E-state index is 0.0202. The van der Waals surface area contributed by atoms with Crippen LogP contribution >= 0.6 is 0 Å². The van der Waals surface area contributed by atoms with Crippen molar-refractivity contribution in [2.45, 2.75) is 63.6 Å². The maximum Gasteiger partial charge on any atom is 0.439 e. The maximum atomic E-state index is 15.0. The van der Waals surface area contributed by atoms with Gasteiger partial charge in [0.05, 0.1) is 11.2 Å². The molecule has 37 heavy (non-hydrogen) atoms. The van der Waals surface area contributed by atoms with Gasteiger partial charge in [0.2, 0.25) is 5.91 Å². The molecule has 0 bridgehead atoms. The number of piperidine rings is 1. The third-order valence-electron chi connectivity index (χ3n) is 8.75. The van der Waals surface area contributed by atoms with E-state index in [9.17, 15) is 22.4 Å². The minimum Gasteiger partial charge on any atom is -0.342 e. The molecule has 200 valence electrons. The van der Waals surface area contributed by atoms with Crippen LogP contribution in [0.5, 0.6) is 0 Å². The fourth-order valence-corrected chi connectivity index (χ4v) is 6.17. The first kappa shape index (κ1) is 26.0. The molecule has 0 aromatic rings. The van der Waals surface area contributed by atoms with Crippen molar-refractivity contribution >= 4 is 5.91 Å². The zero-order valence-electron chi connectivity index (χ0n) is 21.2. The topological polar surface area (TPSA) is 26.8 Å². The first-order valence-corrected chi connectivity index (χ1v) is 12.9. The van der Waals surface area contributed by atoms with E-state index >= 15 is 4.39 Å². The van der Waals surface area contributed by atoms with E-state index in [1.807, 2.05) is 11.0 Å². The third kappa shape index (κ3) is 4.61. The van der Waals surface area contributed by atoms with Crippen molar-refractivity contribution in [2.24, 2.45) is 5.41 Å². The summed E-state index contributed by atoms with van der Waals surface area (Å²) >= 11 is 0. The molecule has 1 spiro atoms. The predicted molar refractivity (Wildman–Crippen MR) is 130 cm³/mol. The molecule has 3 fully saturated rings. The zero-order chi connectivity index (χ0) is 26.6. The molecule has 1 amide bonds. The Bertz CT molecular complexity index is 1170. The van der Waals surface area contributed by atoms with Gasteiger partial charge in [-0.2, -0.15) is 13.2 Å². The fraction of sp³-hybridized carbons (Fsp3) is 0.571. The Balaban J connectivity index is 1.27. The smallest absolute Gasteiger partial charge is 0.342 e. The summed E-state index contributed by atoms with van der Waals surface area (Å²) in [7, 11) is 1.80. The average molecular weight is 522 g/mol. The lowest BCUT2D eigenvalue weighted by Gasteiger charge is -2.55. The number of hydrogen-bond acceptors (Lipinski definition) is 3. The second kappa shape index (κ2) is 9.28. The molecule has 3 aliphatic heterocycles. The number of halogens is 5. The molecule has 5 aliphatic rings. The summed E-state index contributed by atoms with van der Waals surface area (Å²) in [6, 6.07) is 0. The first-order valence-electron chi connectivity index (χ1n) is 12.9. The fourth-order valence-electron chi connectivity index (χ4n) is 6.17. The lowest BCUT2D eigenvalue weighted by atomic mass is 9.65. The Kier molecular flexibility index (Phi) is 6.52. The normalized spacial score (nSPS) is 25.6. The van der Waals surface area contributed by atoms with Gasteiger partial charge in [0, 0.05) is 38.7 Å².